The van der Waals surface area contributed by atoms with Gasteiger partial charge in [-0.3, -0.25) is 4.79 Å². The van der Waals surface area contributed by atoms with Crippen LogP contribution < -0.4 is 5.32 Å². The standard InChI is InChI=1S/C22H23FN4O3S2/c1-15(31-22-24-14-20(26-22)16-4-6-17(23)7-5-16)21(28)25-18-8-10-19(11-9-18)32(29,30)27-12-2-3-13-27/h4-11,14-15H,2-3,12-13H2,1H3,(H,24,26)(H,25,28). The molecule has 1 aliphatic rings. The van der Waals surface area contributed by atoms with Crippen LogP contribution >= 0.6 is 11.8 Å². The maximum Gasteiger partial charge on any atom is 0.243 e. The van der Waals surface area contributed by atoms with Crippen molar-refractivity contribution in [2.45, 2.75) is 35.1 Å². The van der Waals surface area contributed by atoms with Gasteiger partial charge in [0.1, 0.15) is 5.82 Å². The molecule has 1 saturated heterocycles. The average molecular weight is 475 g/mol. The van der Waals surface area contributed by atoms with Crippen LogP contribution in [-0.4, -0.2) is 46.9 Å². The van der Waals surface area contributed by atoms with Gasteiger partial charge in [-0.05, 0) is 73.9 Å². The highest BCUT2D eigenvalue weighted by Gasteiger charge is 2.27. The van der Waals surface area contributed by atoms with E-state index in [1.165, 1.54) is 40.3 Å². The predicted molar refractivity (Wildman–Crippen MR) is 122 cm³/mol. The third-order valence-electron chi connectivity index (χ3n) is 5.19. The quantitative estimate of drug-likeness (QED) is 0.503. The molecule has 1 unspecified atom stereocenters. The number of amides is 1. The summed E-state index contributed by atoms with van der Waals surface area (Å²) < 4.78 is 39.8. The number of nitrogens with one attached hydrogen (secondary N) is 2. The first kappa shape index (κ1) is 22.5. The zero-order valence-corrected chi connectivity index (χ0v) is 19.0. The summed E-state index contributed by atoms with van der Waals surface area (Å²) in [7, 11) is -3.48. The van der Waals surface area contributed by atoms with Gasteiger partial charge in [0.2, 0.25) is 15.9 Å². The Bertz CT molecular complexity index is 1190. The Morgan fingerprint density at radius 2 is 1.78 bits per heavy atom. The highest BCUT2D eigenvalue weighted by molar-refractivity contribution is 8.00. The number of carbonyl (C=O) groups excluding carboxylic acids is 1. The van der Waals surface area contributed by atoms with E-state index < -0.39 is 15.3 Å². The van der Waals surface area contributed by atoms with E-state index in [1.54, 1.807) is 37.4 Å². The molecule has 7 nitrogen and oxygen atoms in total. The zero-order valence-electron chi connectivity index (χ0n) is 17.4. The molecule has 3 aromatic rings. The summed E-state index contributed by atoms with van der Waals surface area (Å²) in [6.07, 6.45) is 3.40. The fourth-order valence-corrected chi connectivity index (χ4v) is 5.69. The molecule has 168 valence electrons. The Balaban J connectivity index is 1.36. The smallest absolute Gasteiger partial charge is 0.243 e. The normalized spacial score (nSPS) is 15.6. The number of nitrogens with zero attached hydrogens (tertiary/aromatic N) is 2. The van der Waals surface area contributed by atoms with Crippen LogP contribution in [0.5, 0.6) is 0 Å². The van der Waals surface area contributed by atoms with Crippen LogP contribution in [0.2, 0.25) is 0 Å². The van der Waals surface area contributed by atoms with E-state index in [-0.39, 0.29) is 16.6 Å². The van der Waals surface area contributed by atoms with Crippen molar-refractivity contribution in [2.75, 3.05) is 18.4 Å². The molecule has 4 rings (SSSR count). The molecule has 1 aliphatic heterocycles. The third-order valence-corrected chi connectivity index (χ3v) is 8.10. The molecule has 1 atom stereocenters. The summed E-state index contributed by atoms with van der Waals surface area (Å²) >= 11 is 1.26. The minimum atomic E-state index is -3.48. The minimum absolute atomic E-state index is 0.226. The third kappa shape index (κ3) is 5.03. The van der Waals surface area contributed by atoms with Crippen molar-refractivity contribution in [2.24, 2.45) is 0 Å². The van der Waals surface area contributed by atoms with Crippen molar-refractivity contribution in [3.63, 3.8) is 0 Å². The van der Waals surface area contributed by atoms with Gasteiger partial charge in [-0.1, -0.05) is 11.8 Å². The molecule has 1 fully saturated rings. The largest absolute Gasteiger partial charge is 0.333 e. The number of halogens is 1. The van der Waals surface area contributed by atoms with Gasteiger partial charge in [0, 0.05) is 18.8 Å². The number of aromatic nitrogens is 2. The van der Waals surface area contributed by atoms with Crippen LogP contribution in [0.15, 0.2) is 64.8 Å². The number of imidazole rings is 1. The maximum atomic E-state index is 13.1. The van der Waals surface area contributed by atoms with Crippen LogP contribution in [0, 0.1) is 5.82 Å². The molecule has 1 aromatic heterocycles. The lowest BCUT2D eigenvalue weighted by molar-refractivity contribution is -0.115. The Kier molecular flexibility index (Phi) is 6.63. The van der Waals surface area contributed by atoms with Gasteiger partial charge < -0.3 is 10.3 Å². The summed E-state index contributed by atoms with van der Waals surface area (Å²) in [5.41, 5.74) is 2.05. The van der Waals surface area contributed by atoms with Crippen LogP contribution in [-0.2, 0) is 14.8 Å². The van der Waals surface area contributed by atoms with Crippen molar-refractivity contribution in [1.82, 2.24) is 14.3 Å². The van der Waals surface area contributed by atoms with Crippen molar-refractivity contribution >= 4 is 33.4 Å². The average Bonchev–Trinajstić information content (AvgIpc) is 3.47. The highest BCUT2D eigenvalue weighted by atomic mass is 32.2. The second kappa shape index (κ2) is 9.43. The van der Waals surface area contributed by atoms with E-state index in [4.69, 9.17) is 0 Å². The lowest BCUT2D eigenvalue weighted by Gasteiger charge is -2.16. The molecule has 0 bridgehead atoms. The van der Waals surface area contributed by atoms with Crippen LogP contribution in [0.4, 0.5) is 10.1 Å². The summed E-state index contributed by atoms with van der Waals surface area (Å²) in [6, 6.07) is 12.3. The summed E-state index contributed by atoms with van der Waals surface area (Å²) in [5, 5.41) is 2.92. The molecular weight excluding hydrogens is 451 g/mol. The molecular formula is C22H23FN4O3S2. The number of sulfonamides is 1. The van der Waals surface area contributed by atoms with Gasteiger partial charge in [-0.2, -0.15) is 4.31 Å². The highest BCUT2D eigenvalue weighted by Crippen LogP contribution is 2.26. The molecule has 0 saturated carbocycles. The number of carbonyl (C=O) groups is 1. The predicted octanol–water partition coefficient (Wildman–Crippen LogP) is 4.12. The van der Waals surface area contributed by atoms with Crippen LogP contribution in [0.1, 0.15) is 19.8 Å². The first-order valence-electron chi connectivity index (χ1n) is 10.2. The van der Waals surface area contributed by atoms with Crippen molar-refractivity contribution < 1.29 is 17.6 Å². The number of anilines is 1. The molecule has 10 heteroatoms. The SMILES string of the molecule is CC(Sc1ncc(-c2ccc(F)cc2)[nH]1)C(=O)Nc1ccc(S(=O)(=O)N2CCCC2)cc1. The number of thioether (sulfide) groups is 1. The van der Waals surface area contributed by atoms with Gasteiger partial charge in [-0.15, -0.1) is 0 Å². The topological polar surface area (TPSA) is 95.2 Å². The summed E-state index contributed by atoms with van der Waals surface area (Å²) in [6.45, 7) is 2.85. The first-order valence-corrected chi connectivity index (χ1v) is 12.5. The molecule has 0 spiro atoms. The van der Waals surface area contributed by atoms with E-state index >= 15 is 0 Å². The monoisotopic (exact) mass is 474 g/mol. The fraction of sp³-hybridized carbons (Fsp3) is 0.273. The van der Waals surface area contributed by atoms with Gasteiger partial charge in [-0.25, -0.2) is 17.8 Å². The Hall–Kier alpha value is -2.69. The van der Waals surface area contributed by atoms with E-state index in [1.807, 2.05) is 0 Å². The van der Waals surface area contributed by atoms with E-state index in [0.29, 0.717) is 23.9 Å². The van der Waals surface area contributed by atoms with Gasteiger partial charge in [0.15, 0.2) is 5.16 Å². The second-order valence-corrected chi connectivity index (χ2v) is 10.8. The number of hydrogen-bond acceptors (Lipinski definition) is 5. The fourth-order valence-electron chi connectivity index (χ4n) is 3.39. The molecule has 2 aromatic carbocycles. The van der Waals surface area contributed by atoms with Crippen molar-refractivity contribution in [3.8, 4) is 11.3 Å². The molecule has 0 aliphatic carbocycles. The Labute approximate surface area is 190 Å². The molecule has 1 amide bonds. The van der Waals surface area contributed by atoms with Crippen molar-refractivity contribution in [3.05, 3.63) is 60.5 Å². The van der Waals surface area contributed by atoms with Crippen molar-refractivity contribution in [1.29, 1.82) is 0 Å². The Morgan fingerprint density at radius 1 is 1.12 bits per heavy atom. The second-order valence-electron chi connectivity index (χ2n) is 7.49. The summed E-state index contributed by atoms with van der Waals surface area (Å²) in [4.78, 5) is 20.2. The van der Waals surface area contributed by atoms with E-state index in [9.17, 15) is 17.6 Å². The number of hydrogen-bond donors (Lipinski definition) is 2. The van der Waals surface area contributed by atoms with Gasteiger partial charge in [0.05, 0.1) is 22.0 Å². The number of H-pyrrole nitrogens is 1. The molecule has 2 heterocycles. The molecule has 32 heavy (non-hydrogen) atoms. The summed E-state index contributed by atoms with van der Waals surface area (Å²) in [5.74, 6) is -0.542. The lowest BCUT2D eigenvalue weighted by Crippen LogP contribution is -2.27. The number of rotatable bonds is 7. The zero-order chi connectivity index (χ0) is 22.7. The lowest BCUT2D eigenvalue weighted by atomic mass is 10.2. The number of benzene rings is 2. The minimum Gasteiger partial charge on any atom is -0.333 e. The molecule has 0 radical (unpaired) electrons. The first-order chi connectivity index (χ1) is 15.3. The van der Waals surface area contributed by atoms with Gasteiger partial charge >= 0.3 is 0 Å². The molecule has 2 N–H and O–H groups in total. The van der Waals surface area contributed by atoms with Gasteiger partial charge in [0.25, 0.3) is 0 Å². The van der Waals surface area contributed by atoms with E-state index in [0.717, 1.165) is 24.1 Å². The van der Waals surface area contributed by atoms with Crippen LogP contribution in [0.25, 0.3) is 11.3 Å². The maximum absolute atomic E-state index is 13.1. The Morgan fingerprint density at radius 3 is 2.44 bits per heavy atom. The number of aromatic amines is 1. The van der Waals surface area contributed by atoms with E-state index in [2.05, 4.69) is 15.3 Å². The van der Waals surface area contributed by atoms with Crippen LogP contribution in [0.3, 0.4) is 0 Å².